The van der Waals surface area contributed by atoms with Crippen molar-refractivity contribution < 1.29 is 10.2 Å². The summed E-state index contributed by atoms with van der Waals surface area (Å²) in [6.45, 7) is 4.96. The number of unbranched alkanes of at least 4 members (excludes halogenated alkanes) is 7. The summed E-state index contributed by atoms with van der Waals surface area (Å²) in [5.41, 5.74) is 0. The third-order valence-electron chi connectivity index (χ3n) is 2.71. The van der Waals surface area contributed by atoms with Crippen LogP contribution in [0, 0.1) is 0 Å². The zero-order valence-corrected chi connectivity index (χ0v) is 12.5. The maximum atomic E-state index is 8.51. The van der Waals surface area contributed by atoms with Gasteiger partial charge in [-0.15, -0.1) is 0 Å². The Labute approximate surface area is 114 Å². The minimum atomic E-state index is 0.274. The van der Waals surface area contributed by atoms with E-state index in [1.807, 2.05) is 6.08 Å². The van der Waals surface area contributed by atoms with Crippen LogP contribution in [-0.2, 0) is 0 Å². The lowest BCUT2D eigenvalue weighted by atomic mass is 10.1. The molecule has 0 aromatic heterocycles. The van der Waals surface area contributed by atoms with Gasteiger partial charge in [0.1, 0.15) is 0 Å². The molecule has 0 aliphatic carbocycles. The van der Waals surface area contributed by atoms with E-state index < -0.39 is 0 Å². The van der Waals surface area contributed by atoms with Gasteiger partial charge in [0, 0.05) is 13.2 Å². The van der Waals surface area contributed by atoms with E-state index in [0.717, 1.165) is 19.3 Å². The molecular weight excluding hydrogens is 224 g/mol. The predicted octanol–water partition coefficient (Wildman–Crippen LogP) is 4.45. The van der Waals surface area contributed by atoms with Crippen LogP contribution in [0.5, 0.6) is 0 Å². The Morgan fingerprint density at radius 3 is 1.67 bits per heavy atom. The van der Waals surface area contributed by atoms with Crippen LogP contribution < -0.4 is 0 Å². The zero-order chi connectivity index (χ0) is 13.9. The first-order valence-corrected chi connectivity index (χ1v) is 7.70. The molecule has 0 bridgehead atoms. The fraction of sp³-hybridized carbons (Fsp3) is 0.875. The van der Waals surface area contributed by atoms with Gasteiger partial charge in [-0.2, -0.15) is 0 Å². The second-order valence-corrected chi connectivity index (χ2v) is 4.59. The van der Waals surface area contributed by atoms with E-state index in [2.05, 4.69) is 19.9 Å². The van der Waals surface area contributed by atoms with Gasteiger partial charge in [-0.3, -0.25) is 0 Å². The number of hydrogen-bond acceptors (Lipinski definition) is 2. The molecule has 0 saturated heterocycles. The van der Waals surface area contributed by atoms with E-state index in [1.165, 1.54) is 44.9 Å². The maximum absolute atomic E-state index is 8.51. The molecule has 110 valence electrons. The molecule has 0 aliphatic heterocycles. The summed E-state index contributed by atoms with van der Waals surface area (Å²) in [5, 5.41) is 16.7. The standard InChI is InChI=1S/C10H22O.C6H12O/c1-2-3-4-5-6-7-8-9-10-11;1-2-3-4-5-6-7/h11H,2-10H2,1H3;3-4,7H,2,5-6H2,1H3. The maximum Gasteiger partial charge on any atom is 0.0465 e. The van der Waals surface area contributed by atoms with Crippen molar-refractivity contribution in [1.82, 2.24) is 0 Å². The molecule has 2 N–H and O–H groups in total. The Morgan fingerprint density at radius 1 is 0.667 bits per heavy atom. The van der Waals surface area contributed by atoms with Gasteiger partial charge in [0.15, 0.2) is 0 Å². The smallest absolute Gasteiger partial charge is 0.0465 e. The summed E-state index contributed by atoms with van der Waals surface area (Å²) in [6.07, 6.45) is 16.3. The SMILES string of the molecule is CCC=CCCO.CCCCCCCCCCO. The molecule has 0 spiro atoms. The van der Waals surface area contributed by atoms with E-state index in [4.69, 9.17) is 10.2 Å². The molecular formula is C16H34O2. The first-order valence-electron chi connectivity index (χ1n) is 7.70. The molecule has 0 saturated carbocycles. The van der Waals surface area contributed by atoms with Crippen LogP contribution >= 0.6 is 0 Å². The third kappa shape index (κ3) is 24.8. The summed E-state index contributed by atoms with van der Waals surface area (Å²) >= 11 is 0. The number of aliphatic hydroxyl groups excluding tert-OH is 2. The lowest BCUT2D eigenvalue weighted by molar-refractivity contribution is 0.282. The molecule has 0 amide bonds. The molecule has 2 heteroatoms. The quantitative estimate of drug-likeness (QED) is 0.424. The molecule has 0 aromatic carbocycles. The molecule has 0 fully saturated rings. The summed E-state index contributed by atoms with van der Waals surface area (Å²) in [4.78, 5) is 0. The summed E-state index contributed by atoms with van der Waals surface area (Å²) in [7, 11) is 0. The lowest BCUT2D eigenvalue weighted by Gasteiger charge is -1.98. The average molecular weight is 258 g/mol. The van der Waals surface area contributed by atoms with Gasteiger partial charge < -0.3 is 10.2 Å². The minimum Gasteiger partial charge on any atom is -0.396 e. The van der Waals surface area contributed by atoms with Crippen molar-refractivity contribution in [2.45, 2.75) is 78.1 Å². The Balaban J connectivity index is 0. The van der Waals surface area contributed by atoms with E-state index in [0.29, 0.717) is 6.61 Å². The average Bonchev–Trinajstić information content (AvgIpc) is 2.39. The first kappa shape index (κ1) is 20.0. The highest BCUT2D eigenvalue weighted by atomic mass is 16.3. The van der Waals surface area contributed by atoms with Crippen LogP contribution in [0.2, 0.25) is 0 Å². The molecule has 18 heavy (non-hydrogen) atoms. The third-order valence-corrected chi connectivity index (χ3v) is 2.71. The van der Waals surface area contributed by atoms with Gasteiger partial charge >= 0.3 is 0 Å². The molecule has 2 nitrogen and oxygen atoms in total. The topological polar surface area (TPSA) is 40.5 Å². The summed E-state index contributed by atoms with van der Waals surface area (Å²) < 4.78 is 0. The Bertz CT molecular complexity index is 136. The first-order chi connectivity index (χ1) is 8.83. The van der Waals surface area contributed by atoms with Crippen molar-refractivity contribution in [1.29, 1.82) is 0 Å². The molecule has 0 radical (unpaired) electrons. The van der Waals surface area contributed by atoms with Crippen molar-refractivity contribution in [3.05, 3.63) is 12.2 Å². The van der Waals surface area contributed by atoms with Gasteiger partial charge in [0.05, 0.1) is 0 Å². The Morgan fingerprint density at radius 2 is 1.22 bits per heavy atom. The number of rotatable bonds is 11. The van der Waals surface area contributed by atoms with Crippen LogP contribution in [0.3, 0.4) is 0 Å². The fourth-order valence-electron chi connectivity index (χ4n) is 1.60. The normalized spacial score (nSPS) is 10.4. The van der Waals surface area contributed by atoms with Gasteiger partial charge in [0.25, 0.3) is 0 Å². The van der Waals surface area contributed by atoms with Gasteiger partial charge in [0.2, 0.25) is 0 Å². The van der Waals surface area contributed by atoms with Crippen molar-refractivity contribution >= 4 is 0 Å². The monoisotopic (exact) mass is 258 g/mol. The number of hydrogen-bond donors (Lipinski definition) is 2. The van der Waals surface area contributed by atoms with Crippen molar-refractivity contribution in [2.24, 2.45) is 0 Å². The van der Waals surface area contributed by atoms with Gasteiger partial charge in [-0.1, -0.05) is 70.9 Å². The Kier molecular flexibility index (Phi) is 24.3. The van der Waals surface area contributed by atoms with Gasteiger partial charge in [-0.25, -0.2) is 0 Å². The van der Waals surface area contributed by atoms with E-state index in [9.17, 15) is 0 Å². The largest absolute Gasteiger partial charge is 0.396 e. The van der Waals surface area contributed by atoms with Gasteiger partial charge in [-0.05, 0) is 19.3 Å². The van der Waals surface area contributed by atoms with E-state index in [-0.39, 0.29) is 6.61 Å². The molecule has 0 rings (SSSR count). The van der Waals surface area contributed by atoms with E-state index in [1.54, 1.807) is 0 Å². The number of allylic oxidation sites excluding steroid dienone is 1. The van der Waals surface area contributed by atoms with Crippen molar-refractivity contribution in [3.8, 4) is 0 Å². The second-order valence-electron chi connectivity index (χ2n) is 4.59. The fourth-order valence-corrected chi connectivity index (χ4v) is 1.60. The highest BCUT2D eigenvalue weighted by Gasteiger charge is 1.89. The molecule has 0 aliphatic rings. The molecule has 0 atom stereocenters. The zero-order valence-electron chi connectivity index (χ0n) is 12.5. The highest BCUT2D eigenvalue weighted by molar-refractivity contribution is 4.79. The van der Waals surface area contributed by atoms with Crippen LogP contribution in [0.1, 0.15) is 78.1 Å². The van der Waals surface area contributed by atoms with E-state index >= 15 is 0 Å². The molecule has 0 aromatic rings. The molecule has 0 unspecified atom stereocenters. The second kappa shape index (κ2) is 21.9. The number of aliphatic hydroxyl groups is 2. The van der Waals surface area contributed by atoms with Crippen LogP contribution in [0.25, 0.3) is 0 Å². The van der Waals surface area contributed by atoms with Crippen molar-refractivity contribution in [3.63, 3.8) is 0 Å². The van der Waals surface area contributed by atoms with Crippen LogP contribution in [0.4, 0.5) is 0 Å². The lowest BCUT2D eigenvalue weighted by Crippen LogP contribution is -1.83. The van der Waals surface area contributed by atoms with Crippen LogP contribution in [0.15, 0.2) is 12.2 Å². The Hall–Kier alpha value is -0.340. The van der Waals surface area contributed by atoms with Crippen molar-refractivity contribution in [2.75, 3.05) is 13.2 Å². The minimum absolute atomic E-state index is 0.274. The predicted molar refractivity (Wildman–Crippen MR) is 80.8 cm³/mol. The van der Waals surface area contributed by atoms with Crippen LogP contribution in [-0.4, -0.2) is 23.4 Å². The highest BCUT2D eigenvalue weighted by Crippen LogP contribution is 2.07. The summed E-state index contributed by atoms with van der Waals surface area (Å²) in [6, 6.07) is 0. The summed E-state index contributed by atoms with van der Waals surface area (Å²) in [5.74, 6) is 0. The molecule has 0 heterocycles.